The summed E-state index contributed by atoms with van der Waals surface area (Å²) < 4.78 is 44.3. The van der Waals surface area contributed by atoms with Crippen molar-refractivity contribution in [1.82, 2.24) is 14.9 Å². The van der Waals surface area contributed by atoms with Gasteiger partial charge in [0.05, 0.1) is 24.5 Å². The van der Waals surface area contributed by atoms with Gasteiger partial charge in [-0.15, -0.1) is 0 Å². The van der Waals surface area contributed by atoms with Crippen LogP contribution >= 0.6 is 0 Å². The van der Waals surface area contributed by atoms with E-state index in [1.54, 1.807) is 0 Å². The number of carbonyl (C=O) groups is 2. The van der Waals surface area contributed by atoms with E-state index in [9.17, 15) is 32.7 Å². The molecule has 2 amide bonds. The molecule has 0 aliphatic carbocycles. The van der Waals surface area contributed by atoms with Crippen molar-refractivity contribution in [2.45, 2.75) is 46.3 Å². The van der Waals surface area contributed by atoms with Crippen molar-refractivity contribution >= 4 is 28.7 Å². The third-order valence-corrected chi connectivity index (χ3v) is 6.42. The lowest BCUT2D eigenvalue weighted by atomic mass is 9.93. The lowest BCUT2D eigenvalue weighted by Crippen LogP contribution is -2.43. The quantitative estimate of drug-likeness (QED) is 0.523. The van der Waals surface area contributed by atoms with E-state index in [1.807, 2.05) is 27.7 Å². The molecule has 1 unspecified atom stereocenters. The van der Waals surface area contributed by atoms with Gasteiger partial charge >= 0.3 is 0 Å². The van der Waals surface area contributed by atoms with Crippen molar-refractivity contribution in [3.05, 3.63) is 63.7 Å². The van der Waals surface area contributed by atoms with Gasteiger partial charge in [-0.05, 0) is 24.0 Å². The normalized spacial score (nSPS) is 16.0. The Labute approximate surface area is 210 Å². The van der Waals surface area contributed by atoms with E-state index < -0.39 is 46.5 Å². The number of β-amino-alcohol motifs (C(OH)–C–C–N with tert-alkyl or cyclic N) is 1. The van der Waals surface area contributed by atoms with Crippen LogP contribution in [0, 0.1) is 29.3 Å². The number of pyridine rings is 2. The van der Waals surface area contributed by atoms with Crippen molar-refractivity contribution < 1.29 is 27.9 Å². The smallest absolute Gasteiger partial charge is 0.257 e. The number of hydrogen-bond donors (Lipinski definition) is 2. The fourth-order valence-corrected chi connectivity index (χ4v) is 4.68. The van der Waals surface area contributed by atoms with Gasteiger partial charge in [-0.2, -0.15) is 0 Å². The molecule has 4 rings (SSSR count). The van der Waals surface area contributed by atoms with Crippen LogP contribution in [0.4, 0.5) is 19.0 Å². The molecule has 2 N–H and O–H groups in total. The summed E-state index contributed by atoms with van der Waals surface area (Å²) in [6, 6.07) is 3.31. The number of anilines is 1. The molecule has 1 atom stereocenters. The summed E-state index contributed by atoms with van der Waals surface area (Å²) in [7, 11) is 0. The molecule has 1 fully saturated rings. The second-order valence-corrected chi connectivity index (χ2v) is 9.85. The molecule has 1 aliphatic heterocycles. The summed E-state index contributed by atoms with van der Waals surface area (Å²) in [6.45, 7) is 7.60. The highest BCUT2D eigenvalue weighted by Gasteiger charge is 2.31. The zero-order chi connectivity index (χ0) is 27.2. The average Bonchev–Trinajstić information content (AvgIpc) is 3.15. The summed E-state index contributed by atoms with van der Waals surface area (Å²) >= 11 is 0. The Hall–Kier alpha value is -3.73. The Bertz CT molecular complexity index is 1420. The van der Waals surface area contributed by atoms with Crippen LogP contribution in [0.25, 0.3) is 16.7 Å². The van der Waals surface area contributed by atoms with E-state index in [0.29, 0.717) is 12.1 Å². The standard InChI is InChI=1S/C26H27F3N4O4/c1-12(2)22(13(3)4)31-26(37)17-11-33(23-18(28)7-14(27)8-19(23)29)25-16(24(17)36)5-6-20(30-25)32-10-15(34)9-21(32)35/h5-8,11-13,15,22,34H,9-10H2,1-4H3,(H,31,37). The maximum absolute atomic E-state index is 14.9. The molecule has 3 heterocycles. The molecule has 8 nitrogen and oxygen atoms in total. The second-order valence-electron chi connectivity index (χ2n) is 9.85. The molecule has 1 aromatic carbocycles. The van der Waals surface area contributed by atoms with Crippen LogP contribution in [0.2, 0.25) is 0 Å². The number of aliphatic hydroxyl groups excluding tert-OH is 1. The van der Waals surface area contributed by atoms with Crippen molar-refractivity contribution in [3.63, 3.8) is 0 Å². The third-order valence-electron chi connectivity index (χ3n) is 6.42. The number of nitrogens with zero attached hydrogens (tertiary/aromatic N) is 3. The van der Waals surface area contributed by atoms with Crippen molar-refractivity contribution in [2.24, 2.45) is 11.8 Å². The van der Waals surface area contributed by atoms with Gasteiger partial charge in [0, 0.05) is 24.4 Å². The number of carbonyl (C=O) groups excluding carboxylic acids is 2. The maximum atomic E-state index is 14.9. The van der Waals surface area contributed by atoms with Crippen molar-refractivity contribution in [3.8, 4) is 5.69 Å². The molecular formula is C26H27F3N4O4. The lowest BCUT2D eigenvalue weighted by molar-refractivity contribution is -0.117. The van der Waals surface area contributed by atoms with E-state index in [1.165, 1.54) is 17.0 Å². The molecule has 3 aromatic rings. The van der Waals surface area contributed by atoms with Crippen molar-refractivity contribution in [2.75, 3.05) is 11.4 Å². The summed E-state index contributed by atoms with van der Waals surface area (Å²) in [6.07, 6.45) is -0.0750. The van der Waals surface area contributed by atoms with Gasteiger partial charge in [0.1, 0.15) is 22.9 Å². The van der Waals surface area contributed by atoms with E-state index >= 15 is 0 Å². The first-order valence-corrected chi connectivity index (χ1v) is 11.9. The molecule has 0 radical (unpaired) electrons. The van der Waals surface area contributed by atoms with Crippen LogP contribution in [-0.2, 0) is 4.79 Å². The zero-order valence-corrected chi connectivity index (χ0v) is 20.8. The van der Waals surface area contributed by atoms with Crippen molar-refractivity contribution in [1.29, 1.82) is 0 Å². The topological polar surface area (TPSA) is 105 Å². The fraction of sp³-hybridized carbons (Fsp3) is 0.385. The zero-order valence-electron chi connectivity index (χ0n) is 20.8. The van der Waals surface area contributed by atoms with E-state index in [0.717, 1.165) is 10.8 Å². The first-order valence-electron chi connectivity index (χ1n) is 11.9. The molecule has 0 bridgehead atoms. The third kappa shape index (κ3) is 4.95. The maximum Gasteiger partial charge on any atom is 0.257 e. The molecule has 11 heteroatoms. The molecule has 196 valence electrons. The van der Waals surface area contributed by atoms with Crippen LogP contribution < -0.4 is 15.6 Å². The highest BCUT2D eigenvalue weighted by Crippen LogP contribution is 2.27. The number of halogens is 3. The number of aromatic nitrogens is 2. The van der Waals surface area contributed by atoms with Crippen LogP contribution in [0.3, 0.4) is 0 Å². The highest BCUT2D eigenvalue weighted by molar-refractivity contribution is 5.99. The Kier molecular flexibility index (Phi) is 7.09. The lowest BCUT2D eigenvalue weighted by Gasteiger charge is -2.26. The second kappa shape index (κ2) is 9.97. The Morgan fingerprint density at radius 2 is 1.70 bits per heavy atom. The summed E-state index contributed by atoms with van der Waals surface area (Å²) in [5, 5.41) is 12.5. The number of aliphatic hydroxyl groups is 1. The van der Waals surface area contributed by atoms with E-state index in [-0.39, 0.29) is 53.3 Å². The first kappa shape index (κ1) is 26.3. The van der Waals surface area contributed by atoms with E-state index in [2.05, 4.69) is 10.3 Å². The van der Waals surface area contributed by atoms with Crippen LogP contribution in [0.15, 0.2) is 35.3 Å². The Morgan fingerprint density at radius 1 is 1.08 bits per heavy atom. The van der Waals surface area contributed by atoms with Gasteiger partial charge in [0.25, 0.3) is 5.91 Å². The number of rotatable bonds is 6. The van der Waals surface area contributed by atoms with Gasteiger partial charge in [0.15, 0.2) is 17.3 Å². The van der Waals surface area contributed by atoms with Gasteiger partial charge < -0.3 is 10.4 Å². The minimum atomic E-state index is -1.28. The molecule has 1 aliphatic rings. The summed E-state index contributed by atoms with van der Waals surface area (Å²) in [4.78, 5) is 44.4. The molecule has 0 saturated carbocycles. The molecule has 2 aromatic heterocycles. The van der Waals surface area contributed by atoms with Gasteiger partial charge in [-0.1, -0.05) is 27.7 Å². The Morgan fingerprint density at radius 3 is 2.24 bits per heavy atom. The van der Waals surface area contributed by atoms with Crippen LogP contribution in [0.5, 0.6) is 0 Å². The predicted molar refractivity (Wildman–Crippen MR) is 131 cm³/mol. The fourth-order valence-electron chi connectivity index (χ4n) is 4.68. The minimum Gasteiger partial charge on any atom is -0.391 e. The molecule has 1 saturated heterocycles. The predicted octanol–water partition coefficient (Wildman–Crippen LogP) is 3.31. The number of amides is 2. The number of nitrogens with one attached hydrogen (secondary N) is 1. The highest BCUT2D eigenvalue weighted by atomic mass is 19.1. The summed E-state index contributed by atoms with van der Waals surface area (Å²) in [5.74, 6) is -4.75. The number of fused-ring (bicyclic) bond motifs is 1. The monoisotopic (exact) mass is 516 g/mol. The van der Waals surface area contributed by atoms with Crippen LogP contribution in [-0.4, -0.2) is 45.2 Å². The molecular weight excluding hydrogens is 489 g/mol. The SMILES string of the molecule is CC(C)C(NC(=O)c1cn(-c2c(F)cc(F)cc2F)c2nc(N3CC(O)CC3=O)ccc2c1=O)C(C)C. The first-order chi connectivity index (χ1) is 17.4. The average molecular weight is 517 g/mol. The van der Waals surface area contributed by atoms with E-state index in [4.69, 9.17) is 0 Å². The number of benzene rings is 1. The van der Waals surface area contributed by atoms with Crippen LogP contribution in [0.1, 0.15) is 44.5 Å². The molecule has 37 heavy (non-hydrogen) atoms. The number of hydrogen-bond acceptors (Lipinski definition) is 5. The summed E-state index contributed by atoms with van der Waals surface area (Å²) in [5.41, 5.74) is -2.11. The largest absolute Gasteiger partial charge is 0.391 e. The van der Waals surface area contributed by atoms with Gasteiger partial charge in [0.2, 0.25) is 11.3 Å². The van der Waals surface area contributed by atoms with Gasteiger partial charge in [-0.25, -0.2) is 18.2 Å². The molecule has 0 spiro atoms. The minimum absolute atomic E-state index is 0.0381. The van der Waals surface area contributed by atoms with Gasteiger partial charge in [-0.3, -0.25) is 23.9 Å². The Balaban J connectivity index is 1.96.